The minimum absolute atomic E-state index is 0.225. The van der Waals surface area contributed by atoms with Crippen LogP contribution in [0.25, 0.3) is 6.08 Å². The maximum absolute atomic E-state index is 13.5. The lowest BCUT2D eigenvalue weighted by Gasteiger charge is -2.22. The Morgan fingerprint density at radius 1 is 1.27 bits per heavy atom. The van der Waals surface area contributed by atoms with Crippen molar-refractivity contribution in [3.63, 3.8) is 0 Å². The molecule has 0 fully saturated rings. The Balaban J connectivity index is 1.86. The lowest BCUT2D eigenvalue weighted by molar-refractivity contribution is -0.136. The van der Waals surface area contributed by atoms with Gasteiger partial charge < -0.3 is 14.2 Å². The molecule has 1 aliphatic rings. The first-order valence-electron chi connectivity index (χ1n) is 10.0. The van der Waals surface area contributed by atoms with Crippen LogP contribution < -0.4 is 24.4 Å². The average molecular weight is 483 g/mol. The second-order valence-corrected chi connectivity index (χ2v) is 9.09. The number of allylic oxidation sites excluding steroid dienone is 1. The second kappa shape index (κ2) is 9.60. The molecule has 0 saturated carbocycles. The van der Waals surface area contributed by atoms with Gasteiger partial charge in [0, 0.05) is 4.88 Å². The van der Waals surface area contributed by atoms with Crippen LogP contribution in [0.1, 0.15) is 23.4 Å². The van der Waals surface area contributed by atoms with Crippen molar-refractivity contribution in [3.8, 4) is 11.5 Å². The first kappa shape index (κ1) is 22.8. The summed E-state index contributed by atoms with van der Waals surface area (Å²) in [5.74, 6) is 0.648. The number of hydrogen-bond donors (Lipinski definition) is 0. The third kappa shape index (κ3) is 4.29. The van der Waals surface area contributed by atoms with Crippen LogP contribution in [0, 0.1) is 0 Å². The van der Waals surface area contributed by atoms with Crippen molar-refractivity contribution < 1.29 is 19.0 Å². The van der Waals surface area contributed by atoms with E-state index in [1.165, 1.54) is 29.8 Å². The van der Waals surface area contributed by atoms with Crippen molar-refractivity contribution in [2.75, 3.05) is 20.8 Å². The molecule has 1 aromatic carbocycles. The van der Waals surface area contributed by atoms with Crippen molar-refractivity contribution in [2.24, 2.45) is 4.99 Å². The summed E-state index contributed by atoms with van der Waals surface area (Å²) in [6, 6.07) is 8.65. The zero-order valence-corrected chi connectivity index (χ0v) is 20.0. The van der Waals surface area contributed by atoms with E-state index in [4.69, 9.17) is 14.2 Å². The predicted molar refractivity (Wildman–Crippen MR) is 129 cm³/mol. The van der Waals surface area contributed by atoms with Crippen molar-refractivity contribution in [2.45, 2.75) is 13.0 Å². The zero-order chi connectivity index (χ0) is 23.5. The quantitative estimate of drug-likeness (QED) is 0.382. The van der Waals surface area contributed by atoms with E-state index in [2.05, 4.69) is 11.6 Å². The van der Waals surface area contributed by atoms with E-state index >= 15 is 0 Å². The molecular formula is C24H22N2O5S2. The molecule has 0 spiro atoms. The molecule has 0 radical (unpaired) electrons. The number of benzene rings is 1. The van der Waals surface area contributed by atoms with Crippen LogP contribution in [0.4, 0.5) is 0 Å². The van der Waals surface area contributed by atoms with Crippen LogP contribution in [0.15, 0.2) is 69.4 Å². The van der Waals surface area contributed by atoms with Crippen molar-refractivity contribution >= 4 is 34.7 Å². The molecule has 0 unspecified atom stereocenters. The molecular weight excluding hydrogens is 460 g/mol. The third-order valence-corrected chi connectivity index (χ3v) is 6.99. The van der Waals surface area contributed by atoms with Gasteiger partial charge >= 0.3 is 5.97 Å². The summed E-state index contributed by atoms with van der Waals surface area (Å²) in [7, 11) is 2.89. The zero-order valence-electron chi connectivity index (χ0n) is 18.4. The van der Waals surface area contributed by atoms with E-state index in [0.717, 1.165) is 10.4 Å². The maximum Gasteiger partial charge on any atom is 0.338 e. The summed E-state index contributed by atoms with van der Waals surface area (Å²) in [5.41, 5.74) is 1.46. The summed E-state index contributed by atoms with van der Waals surface area (Å²) in [6.07, 6.45) is 3.44. The molecule has 0 saturated heterocycles. The third-order valence-electron chi connectivity index (χ3n) is 5.08. The van der Waals surface area contributed by atoms with Crippen LogP contribution in [-0.4, -0.2) is 31.4 Å². The number of ether oxygens (including phenoxy) is 3. The summed E-state index contributed by atoms with van der Waals surface area (Å²) in [5, 5.41) is 1.91. The number of carbonyl (C=O) groups excluding carboxylic acids is 1. The molecule has 1 aliphatic heterocycles. The summed E-state index contributed by atoms with van der Waals surface area (Å²) in [6.45, 7) is 5.77. The van der Waals surface area contributed by atoms with Crippen molar-refractivity contribution in [3.05, 3.63) is 89.8 Å². The molecule has 170 valence electrons. The Labute approximate surface area is 198 Å². The minimum Gasteiger partial charge on any atom is -0.493 e. The van der Waals surface area contributed by atoms with Gasteiger partial charge in [-0.05, 0) is 42.1 Å². The number of thiophene rings is 1. The van der Waals surface area contributed by atoms with E-state index in [9.17, 15) is 9.59 Å². The van der Waals surface area contributed by atoms with Crippen LogP contribution in [0.2, 0.25) is 0 Å². The highest BCUT2D eigenvalue weighted by Crippen LogP contribution is 2.33. The van der Waals surface area contributed by atoms with E-state index in [1.807, 2.05) is 23.6 Å². The van der Waals surface area contributed by atoms with E-state index < -0.39 is 12.0 Å². The number of esters is 1. The van der Waals surface area contributed by atoms with Crippen LogP contribution in [-0.2, 0) is 9.53 Å². The second-order valence-electron chi connectivity index (χ2n) is 7.10. The van der Waals surface area contributed by atoms with Gasteiger partial charge in [-0.1, -0.05) is 36.1 Å². The normalized spacial score (nSPS) is 15.6. The largest absolute Gasteiger partial charge is 0.493 e. The molecule has 3 heterocycles. The van der Waals surface area contributed by atoms with Crippen molar-refractivity contribution in [1.29, 1.82) is 0 Å². The topological polar surface area (TPSA) is 79.1 Å². The summed E-state index contributed by atoms with van der Waals surface area (Å²) in [4.78, 5) is 32.0. The lowest BCUT2D eigenvalue weighted by atomic mass is 10.0. The van der Waals surface area contributed by atoms with Crippen molar-refractivity contribution in [1.82, 2.24) is 4.57 Å². The Morgan fingerprint density at radius 2 is 2.09 bits per heavy atom. The molecule has 9 heteroatoms. The molecule has 0 bridgehead atoms. The van der Waals surface area contributed by atoms with Gasteiger partial charge in [-0.2, -0.15) is 0 Å². The Kier molecular flexibility index (Phi) is 6.62. The maximum atomic E-state index is 13.5. The number of methoxy groups -OCH3 is 2. The highest BCUT2D eigenvalue weighted by Gasteiger charge is 2.33. The van der Waals surface area contributed by atoms with E-state index in [-0.39, 0.29) is 5.56 Å². The number of rotatable bonds is 7. The van der Waals surface area contributed by atoms with Gasteiger partial charge in [-0.3, -0.25) is 9.36 Å². The number of thiazole rings is 1. The number of nitrogens with zero attached hydrogens (tertiary/aromatic N) is 2. The van der Waals surface area contributed by atoms with Crippen LogP contribution in [0.5, 0.6) is 11.5 Å². The van der Waals surface area contributed by atoms with Gasteiger partial charge in [0.2, 0.25) is 0 Å². The molecule has 2 aromatic heterocycles. The fourth-order valence-electron chi connectivity index (χ4n) is 3.60. The Hall–Kier alpha value is -3.43. The SMILES string of the molecule is C=CCOc1ccc(/C=c2/sc3n(c2=O)[C@@H](c2cccs2)C(C(=O)OC)=C(C)N=3)cc1OC. The van der Waals surface area contributed by atoms with Gasteiger partial charge in [-0.25, -0.2) is 9.79 Å². The predicted octanol–water partition coefficient (Wildman–Crippen LogP) is 3.04. The Morgan fingerprint density at radius 3 is 2.76 bits per heavy atom. The number of aromatic nitrogens is 1. The van der Waals surface area contributed by atoms with Gasteiger partial charge in [-0.15, -0.1) is 11.3 Å². The van der Waals surface area contributed by atoms with E-state index in [1.54, 1.807) is 42.9 Å². The Bertz CT molecular complexity index is 1410. The van der Waals surface area contributed by atoms with Gasteiger partial charge in [0.1, 0.15) is 12.6 Å². The fourth-order valence-corrected chi connectivity index (χ4v) is 5.47. The average Bonchev–Trinajstić information content (AvgIpc) is 3.45. The molecule has 3 aromatic rings. The molecule has 7 nitrogen and oxygen atoms in total. The lowest BCUT2D eigenvalue weighted by Crippen LogP contribution is -2.39. The molecule has 0 amide bonds. The number of carbonyl (C=O) groups is 1. The van der Waals surface area contributed by atoms with Crippen LogP contribution in [0.3, 0.4) is 0 Å². The summed E-state index contributed by atoms with van der Waals surface area (Å²) < 4.78 is 18.1. The van der Waals surface area contributed by atoms with Gasteiger partial charge in [0.05, 0.1) is 30.0 Å². The highest BCUT2D eigenvalue weighted by atomic mass is 32.1. The fraction of sp³-hybridized carbons (Fsp3) is 0.208. The summed E-state index contributed by atoms with van der Waals surface area (Å²) >= 11 is 2.75. The molecule has 33 heavy (non-hydrogen) atoms. The number of fused-ring (bicyclic) bond motifs is 1. The monoisotopic (exact) mass is 482 g/mol. The van der Waals surface area contributed by atoms with Gasteiger partial charge in [0.25, 0.3) is 5.56 Å². The molecule has 4 rings (SSSR count). The molecule has 1 atom stereocenters. The highest BCUT2D eigenvalue weighted by molar-refractivity contribution is 7.10. The smallest absolute Gasteiger partial charge is 0.338 e. The first-order valence-corrected chi connectivity index (χ1v) is 11.7. The van der Waals surface area contributed by atoms with Crippen LogP contribution >= 0.6 is 22.7 Å². The van der Waals surface area contributed by atoms with E-state index in [0.29, 0.717) is 38.7 Å². The van der Waals surface area contributed by atoms with Gasteiger partial charge in [0.15, 0.2) is 16.3 Å². The number of hydrogen-bond acceptors (Lipinski definition) is 8. The standard InChI is InChI=1S/C24H22N2O5S2/c1-5-10-31-16-9-8-15(12-17(16)29-3)13-19-22(27)26-21(18-7-6-11-32-18)20(23(28)30-4)14(2)25-24(26)33-19/h5-9,11-13,21H,1,10H2,2-4H3/b19-13+/t21-/m0/s1. The molecule has 0 N–H and O–H groups in total. The molecule has 0 aliphatic carbocycles. The first-order chi connectivity index (χ1) is 16.0. The minimum atomic E-state index is -0.583.